The van der Waals surface area contributed by atoms with Crippen molar-refractivity contribution in [3.8, 4) is 0 Å². The molecule has 1 heterocycles. The van der Waals surface area contributed by atoms with Crippen LogP contribution in [0.2, 0.25) is 0 Å². The molecule has 1 aromatic heterocycles. The molecule has 5 heteroatoms. The fraction of sp³-hybridized carbons (Fsp3) is 0.308. The van der Waals surface area contributed by atoms with Crippen LogP contribution in [0.5, 0.6) is 0 Å². The number of halogens is 2. The standard InChI is InChI=1S/C13H14BrFN2S/c1-3-11-7(2)18-13(17-11)12(16)8-4-5-9(14)10(15)6-8/h4-6,12H,3,16H2,1-2H3. The quantitative estimate of drug-likeness (QED) is 0.926. The summed E-state index contributed by atoms with van der Waals surface area (Å²) in [6.07, 6.45) is 0.893. The molecule has 0 aliphatic heterocycles. The van der Waals surface area contributed by atoms with E-state index in [9.17, 15) is 4.39 Å². The van der Waals surface area contributed by atoms with Gasteiger partial charge in [0.15, 0.2) is 0 Å². The first-order chi connectivity index (χ1) is 8.52. The zero-order valence-electron chi connectivity index (χ0n) is 10.2. The molecule has 96 valence electrons. The molecule has 1 atom stereocenters. The Hall–Kier alpha value is -0.780. The Morgan fingerprint density at radius 2 is 2.22 bits per heavy atom. The Labute approximate surface area is 118 Å². The predicted octanol–water partition coefficient (Wildman–Crippen LogP) is 3.96. The van der Waals surface area contributed by atoms with Crippen molar-refractivity contribution in [1.82, 2.24) is 4.98 Å². The van der Waals surface area contributed by atoms with E-state index >= 15 is 0 Å². The maximum absolute atomic E-state index is 13.5. The molecule has 0 saturated carbocycles. The molecule has 2 aromatic rings. The van der Waals surface area contributed by atoms with Crippen LogP contribution in [-0.2, 0) is 6.42 Å². The highest BCUT2D eigenvalue weighted by molar-refractivity contribution is 9.10. The number of aromatic nitrogens is 1. The van der Waals surface area contributed by atoms with Crippen molar-refractivity contribution in [2.45, 2.75) is 26.3 Å². The van der Waals surface area contributed by atoms with Crippen LogP contribution in [-0.4, -0.2) is 4.98 Å². The second-order valence-electron chi connectivity index (χ2n) is 4.06. The fourth-order valence-electron chi connectivity index (χ4n) is 1.76. The smallest absolute Gasteiger partial charge is 0.137 e. The first kappa shape index (κ1) is 13.6. The van der Waals surface area contributed by atoms with Gasteiger partial charge >= 0.3 is 0 Å². The lowest BCUT2D eigenvalue weighted by molar-refractivity contribution is 0.617. The summed E-state index contributed by atoms with van der Waals surface area (Å²) in [5.41, 5.74) is 7.95. The van der Waals surface area contributed by atoms with E-state index in [0.717, 1.165) is 22.7 Å². The lowest BCUT2D eigenvalue weighted by Crippen LogP contribution is -2.12. The average Bonchev–Trinajstić information content (AvgIpc) is 2.73. The minimum absolute atomic E-state index is 0.299. The Morgan fingerprint density at radius 1 is 1.50 bits per heavy atom. The van der Waals surface area contributed by atoms with Gasteiger partial charge in [0.1, 0.15) is 10.8 Å². The van der Waals surface area contributed by atoms with E-state index in [1.807, 2.05) is 13.0 Å². The van der Waals surface area contributed by atoms with E-state index in [1.165, 1.54) is 10.9 Å². The summed E-state index contributed by atoms with van der Waals surface area (Å²) in [7, 11) is 0. The Bertz CT molecular complexity index is 568. The second kappa shape index (κ2) is 5.47. The third kappa shape index (κ3) is 2.63. The number of nitrogens with zero attached hydrogens (tertiary/aromatic N) is 1. The van der Waals surface area contributed by atoms with Crippen LogP contribution in [0.25, 0.3) is 0 Å². The molecule has 0 spiro atoms. The molecule has 0 amide bonds. The van der Waals surface area contributed by atoms with Gasteiger partial charge in [0.25, 0.3) is 0 Å². The highest BCUT2D eigenvalue weighted by atomic mass is 79.9. The van der Waals surface area contributed by atoms with E-state index in [2.05, 4.69) is 27.8 Å². The molecule has 2 rings (SSSR count). The first-order valence-electron chi connectivity index (χ1n) is 5.69. The van der Waals surface area contributed by atoms with Gasteiger partial charge in [-0.25, -0.2) is 9.37 Å². The van der Waals surface area contributed by atoms with Crippen molar-refractivity contribution in [3.63, 3.8) is 0 Å². The van der Waals surface area contributed by atoms with Gasteiger partial charge in [-0.1, -0.05) is 13.0 Å². The predicted molar refractivity (Wildman–Crippen MR) is 76.4 cm³/mol. The fourth-order valence-corrected chi connectivity index (χ4v) is 3.05. The molecule has 1 unspecified atom stereocenters. The maximum atomic E-state index is 13.5. The van der Waals surface area contributed by atoms with Gasteiger partial charge in [-0.3, -0.25) is 0 Å². The summed E-state index contributed by atoms with van der Waals surface area (Å²) in [6.45, 7) is 4.10. The zero-order chi connectivity index (χ0) is 13.3. The summed E-state index contributed by atoms with van der Waals surface area (Å²) in [6, 6.07) is 4.58. The lowest BCUT2D eigenvalue weighted by atomic mass is 10.1. The van der Waals surface area contributed by atoms with Crippen molar-refractivity contribution < 1.29 is 4.39 Å². The SMILES string of the molecule is CCc1nc(C(N)c2ccc(Br)c(F)c2)sc1C. The zero-order valence-corrected chi connectivity index (χ0v) is 12.6. The van der Waals surface area contributed by atoms with Crippen molar-refractivity contribution in [1.29, 1.82) is 0 Å². The molecule has 2 nitrogen and oxygen atoms in total. The van der Waals surface area contributed by atoms with Gasteiger partial charge in [-0.2, -0.15) is 0 Å². The first-order valence-corrected chi connectivity index (χ1v) is 7.30. The van der Waals surface area contributed by atoms with Crippen LogP contribution in [0, 0.1) is 12.7 Å². The molecular formula is C13H14BrFN2S. The van der Waals surface area contributed by atoms with Crippen LogP contribution < -0.4 is 5.73 Å². The van der Waals surface area contributed by atoms with Crippen molar-refractivity contribution >= 4 is 27.3 Å². The minimum atomic E-state index is -0.364. The van der Waals surface area contributed by atoms with Crippen LogP contribution in [0.15, 0.2) is 22.7 Å². The highest BCUT2D eigenvalue weighted by Crippen LogP contribution is 2.28. The molecule has 1 aromatic carbocycles. The lowest BCUT2D eigenvalue weighted by Gasteiger charge is -2.09. The molecule has 0 fully saturated rings. The van der Waals surface area contributed by atoms with E-state index in [0.29, 0.717) is 4.47 Å². The number of thiazole rings is 1. The molecule has 18 heavy (non-hydrogen) atoms. The van der Waals surface area contributed by atoms with Crippen LogP contribution in [0.4, 0.5) is 4.39 Å². The van der Waals surface area contributed by atoms with Gasteiger partial charge in [0.2, 0.25) is 0 Å². The molecular weight excluding hydrogens is 315 g/mol. The molecule has 0 saturated heterocycles. The van der Waals surface area contributed by atoms with Crippen LogP contribution >= 0.6 is 27.3 Å². The highest BCUT2D eigenvalue weighted by Gasteiger charge is 2.16. The van der Waals surface area contributed by atoms with Crippen LogP contribution in [0.1, 0.15) is 34.1 Å². The average molecular weight is 329 g/mol. The third-order valence-corrected chi connectivity index (χ3v) is 4.55. The summed E-state index contributed by atoms with van der Waals surface area (Å²) in [5, 5.41) is 0.839. The van der Waals surface area contributed by atoms with Gasteiger partial charge in [-0.15, -0.1) is 11.3 Å². The molecule has 0 bridgehead atoms. The molecule has 0 aliphatic carbocycles. The number of benzene rings is 1. The summed E-state index contributed by atoms with van der Waals surface area (Å²) >= 11 is 4.71. The largest absolute Gasteiger partial charge is 0.318 e. The monoisotopic (exact) mass is 328 g/mol. The molecule has 0 aliphatic rings. The molecule has 0 radical (unpaired) electrons. The number of rotatable bonds is 3. The third-order valence-electron chi connectivity index (χ3n) is 2.81. The Kier molecular flexibility index (Phi) is 4.14. The summed E-state index contributed by atoms with van der Waals surface area (Å²) < 4.78 is 13.9. The summed E-state index contributed by atoms with van der Waals surface area (Å²) in [4.78, 5) is 5.70. The Balaban J connectivity index is 2.34. The van der Waals surface area contributed by atoms with Gasteiger partial charge in [-0.05, 0) is 47.0 Å². The van der Waals surface area contributed by atoms with E-state index in [1.54, 1.807) is 17.4 Å². The normalized spacial score (nSPS) is 12.7. The molecule has 2 N–H and O–H groups in total. The van der Waals surface area contributed by atoms with E-state index in [4.69, 9.17) is 5.73 Å². The van der Waals surface area contributed by atoms with Crippen molar-refractivity contribution in [2.75, 3.05) is 0 Å². The number of hydrogen-bond donors (Lipinski definition) is 1. The Morgan fingerprint density at radius 3 is 2.78 bits per heavy atom. The number of aryl methyl sites for hydroxylation is 2. The van der Waals surface area contributed by atoms with E-state index < -0.39 is 0 Å². The van der Waals surface area contributed by atoms with Crippen molar-refractivity contribution in [3.05, 3.63) is 49.6 Å². The minimum Gasteiger partial charge on any atom is -0.318 e. The number of hydrogen-bond acceptors (Lipinski definition) is 3. The topological polar surface area (TPSA) is 38.9 Å². The van der Waals surface area contributed by atoms with Crippen molar-refractivity contribution in [2.24, 2.45) is 5.73 Å². The number of nitrogens with two attached hydrogens (primary N) is 1. The van der Waals surface area contributed by atoms with E-state index in [-0.39, 0.29) is 11.9 Å². The summed E-state index contributed by atoms with van der Waals surface area (Å²) in [5.74, 6) is -0.299. The van der Waals surface area contributed by atoms with Crippen LogP contribution in [0.3, 0.4) is 0 Å². The maximum Gasteiger partial charge on any atom is 0.137 e. The second-order valence-corrected chi connectivity index (χ2v) is 6.15. The van der Waals surface area contributed by atoms with Gasteiger partial charge < -0.3 is 5.73 Å². The van der Waals surface area contributed by atoms with Gasteiger partial charge in [0.05, 0.1) is 16.2 Å². The van der Waals surface area contributed by atoms with Gasteiger partial charge in [0, 0.05) is 4.88 Å².